The molecule has 0 amide bonds. The van der Waals surface area contributed by atoms with E-state index in [1.54, 1.807) is 6.92 Å². The topological polar surface area (TPSA) is 55.8 Å². The summed E-state index contributed by atoms with van der Waals surface area (Å²) in [5.41, 5.74) is 0.267. The molecule has 1 heterocycles. The lowest BCUT2D eigenvalue weighted by molar-refractivity contribution is -0.163. The molecule has 4 nitrogen and oxygen atoms in total. The predicted octanol–water partition coefficient (Wildman–Crippen LogP) is 0.459. The molecule has 4 heteroatoms. The van der Waals surface area contributed by atoms with Gasteiger partial charge < -0.3 is 14.6 Å². The quantitative estimate of drug-likeness (QED) is 0.650. The van der Waals surface area contributed by atoms with Crippen LogP contribution in [0.25, 0.3) is 0 Å². The number of carbonyl (C=O) groups excluding carboxylic acids is 1. The van der Waals surface area contributed by atoms with Crippen LogP contribution in [0.2, 0.25) is 0 Å². The summed E-state index contributed by atoms with van der Waals surface area (Å²) in [5, 5.41) is 9.57. The first-order chi connectivity index (χ1) is 6.20. The largest absolute Gasteiger partial charge is 0.472 e. The van der Waals surface area contributed by atoms with Gasteiger partial charge in [0.1, 0.15) is 0 Å². The fourth-order valence-electron chi connectivity index (χ4n) is 1.24. The van der Waals surface area contributed by atoms with Crippen molar-refractivity contribution in [1.82, 2.24) is 0 Å². The lowest BCUT2D eigenvalue weighted by atomic mass is 9.96. The Labute approximate surface area is 77.1 Å². The summed E-state index contributed by atoms with van der Waals surface area (Å²) in [6.45, 7) is 4.15. The third-order valence-corrected chi connectivity index (χ3v) is 2.07. The summed E-state index contributed by atoms with van der Waals surface area (Å²) in [4.78, 5) is 10.4. The maximum absolute atomic E-state index is 10.4. The average Bonchev–Trinajstić information content (AvgIpc) is 2.14. The number of aldehydes is 1. The molecule has 3 atom stereocenters. The van der Waals surface area contributed by atoms with Crippen molar-refractivity contribution in [3.05, 3.63) is 11.8 Å². The molecule has 1 aliphatic rings. The van der Waals surface area contributed by atoms with Crippen LogP contribution in [0.4, 0.5) is 0 Å². The van der Waals surface area contributed by atoms with E-state index >= 15 is 0 Å². The SMILES string of the molecule is CCOC1OC=C(C=O)C(O)C1C. The maximum atomic E-state index is 10.4. The zero-order valence-electron chi connectivity index (χ0n) is 7.77. The molecular weight excluding hydrogens is 172 g/mol. The first-order valence-corrected chi connectivity index (χ1v) is 4.31. The summed E-state index contributed by atoms with van der Waals surface area (Å²) in [6.07, 6.45) is 0.618. The third kappa shape index (κ3) is 2.08. The van der Waals surface area contributed by atoms with E-state index in [0.29, 0.717) is 12.9 Å². The molecule has 1 rings (SSSR count). The van der Waals surface area contributed by atoms with Crippen LogP contribution in [-0.2, 0) is 14.3 Å². The first-order valence-electron chi connectivity index (χ1n) is 4.31. The van der Waals surface area contributed by atoms with E-state index < -0.39 is 12.4 Å². The van der Waals surface area contributed by atoms with Crippen LogP contribution in [0, 0.1) is 5.92 Å². The molecule has 0 fully saturated rings. The summed E-state index contributed by atoms with van der Waals surface area (Å²) >= 11 is 0. The Morgan fingerprint density at radius 3 is 3.00 bits per heavy atom. The minimum absolute atomic E-state index is 0.217. The van der Waals surface area contributed by atoms with Gasteiger partial charge in [-0.2, -0.15) is 0 Å². The molecule has 0 aromatic heterocycles. The second kappa shape index (κ2) is 4.39. The summed E-state index contributed by atoms with van der Waals surface area (Å²) in [5.74, 6) is -0.217. The molecule has 0 saturated heterocycles. The van der Waals surface area contributed by atoms with Crippen molar-refractivity contribution in [3.63, 3.8) is 0 Å². The standard InChI is InChI=1S/C9H14O4/c1-3-12-9-6(2)8(11)7(4-10)5-13-9/h4-6,8-9,11H,3H2,1-2H3. The van der Waals surface area contributed by atoms with Crippen molar-refractivity contribution in [3.8, 4) is 0 Å². The van der Waals surface area contributed by atoms with Gasteiger partial charge in [0.05, 0.1) is 17.9 Å². The number of rotatable bonds is 3. The van der Waals surface area contributed by atoms with Crippen LogP contribution in [0.3, 0.4) is 0 Å². The van der Waals surface area contributed by atoms with Gasteiger partial charge in [-0.1, -0.05) is 6.92 Å². The zero-order chi connectivity index (χ0) is 9.84. The lowest BCUT2D eigenvalue weighted by Gasteiger charge is -2.31. The maximum Gasteiger partial charge on any atom is 0.204 e. The van der Waals surface area contributed by atoms with Crippen LogP contribution < -0.4 is 0 Å². The highest BCUT2D eigenvalue weighted by atomic mass is 16.7. The van der Waals surface area contributed by atoms with E-state index in [0.717, 1.165) is 0 Å². The number of hydrogen-bond acceptors (Lipinski definition) is 4. The van der Waals surface area contributed by atoms with Crippen LogP contribution in [0.1, 0.15) is 13.8 Å². The number of aliphatic hydroxyl groups excluding tert-OH is 1. The highest BCUT2D eigenvalue weighted by Gasteiger charge is 2.32. The normalized spacial score (nSPS) is 33.5. The van der Waals surface area contributed by atoms with Crippen molar-refractivity contribution < 1.29 is 19.4 Å². The molecule has 0 spiro atoms. The van der Waals surface area contributed by atoms with Gasteiger partial charge in [-0.3, -0.25) is 4.79 Å². The van der Waals surface area contributed by atoms with Crippen LogP contribution in [0.15, 0.2) is 11.8 Å². The highest BCUT2D eigenvalue weighted by molar-refractivity contribution is 5.74. The molecule has 0 aromatic rings. The average molecular weight is 186 g/mol. The van der Waals surface area contributed by atoms with Gasteiger partial charge >= 0.3 is 0 Å². The summed E-state index contributed by atoms with van der Waals surface area (Å²) < 4.78 is 10.3. The molecule has 1 aliphatic heterocycles. The third-order valence-electron chi connectivity index (χ3n) is 2.07. The molecule has 13 heavy (non-hydrogen) atoms. The Balaban J connectivity index is 2.68. The lowest BCUT2D eigenvalue weighted by Crippen LogP contribution is -2.38. The van der Waals surface area contributed by atoms with E-state index in [9.17, 15) is 9.90 Å². The van der Waals surface area contributed by atoms with E-state index in [4.69, 9.17) is 9.47 Å². The number of aliphatic hydroxyl groups is 1. The second-order valence-electron chi connectivity index (χ2n) is 3.00. The van der Waals surface area contributed by atoms with E-state index in [2.05, 4.69) is 0 Å². The molecule has 0 aromatic carbocycles. The Morgan fingerprint density at radius 2 is 2.46 bits per heavy atom. The Morgan fingerprint density at radius 1 is 1.77 bits per heavy atom. The van der Waals surface area contributed by atoms with Gasteiger partial charge in [0, 0.05) is 12.5 Å². The molecule has 0 aliphatic carbocycles. The van der Waals surface area contributed by atoms with Gasteiger partial charge in [-0.25, -0.2) is 0 Å². The molecule has 0 saturated carbocycles. The Bertz CT molecular complexity index is 212. The minimum Gasteiger partial charge on any atom is -0.472 e. The fourth-order valence-corrected chi connectivity index (χ4v) is 1.24. The van der Waals surface area contributed by atoms with Gasteiger partial charge in [-0.05, 0) is 6.92 Å². The summed E-state index contributed by atoms with van der Waals surface area (Å²) in [7, 11) is 0. The van der Waals surface area contributed by atoms with Crippen molar-refractivity contribution >= 4 is 6.29 Å². The molecular formula is C9H14O4. The van der Waals surface area contributed by atoms with Gasteiger partial charge in [0.15, 0.2) is 6.29 Å². The van der Waals surface area contributed by atoms with Crippen molar-refractivity contribution in [2.24, 2.45) is 5.92 Å². The molecule has 3 unspecified atom stereocenters. The van der Waals surface area contributed by atoms with Crippen LogP contribution in [0.5, 0.6) is 0 Å². The van der Waals surface area contributed by atoms with Crippen molar-refractivity contribution in [2.45, 2.75) is 26.2 Å². The van der Waals surface area contributed by atoms with E-state index in [-0.39, 0.29) is 11.5 Å². The van der Waals surface area contributed by atoms with E-state index in [1.807, 2.05) is 6.92 Å². The number of carbonyl (C=O) groups is 1. The second-order valence-corrected chi connectivity index (χ2v) is 3.00. The first kappa shape index (κ1) is 10.2. The highest BCUT2D eigenvalue weighted by Crippen LogP contribution is 2.23. The summed E-state index contributed by atoms with van der Waals surface area (Å²) in [6, 6.07) is 0. The molecule has 0 radical (unpaired) electrons. The Kier molecular flexibility index (Phi) is 3.45. The van der Waals surface area contributed by atoms with E-state index in [1.165, 1.54) is 6.26 Å². The van der Waals surface area contributed by atoms with Crippen molar-refractivity contribution in [2.75, 3.05) is 6.61 Å². The zero-order valence-corrected chi connectivity index (χ0v) is 7.77. The number of ether oxygens (including phenoxy) is 2. The van der Waals surface area contributed by atoms with Crippen LogP contribution in [-0.4, -0.2) is 30.4 Å². The predicted molar refractivity (Wildman–Crippen MR) is 45.8 cm³/mol. The van der Waals surface area contributed by atoms with Gasteiger partial charge in [0.2, 0.25) is 6.29 Å². The van der Waals surface area contributed by atoms with Gasteiger partial charge in [0.25, 0.3) is 0 Å². The smallest absolute Gasteiger partial charge is 0.204 e. The van der Waals surface area contributed by atoms with Crippen molar-refractivity contribution in [1.29, 1.82) is 0 Å². The number of hydrogen-bond donors (Lipinski definition) is 1. The monoisotopic (exact) mass is 186 g/mol. The molecule has 1 N–H and O–H groups in total. The molecule has 0 bridgehead atoms. The molecule has 74 valence electrons. The fraction of sp³-hybridized carbons (Fsp3) is 0.667. The van der Waals surface area contributed by atoms with Gasteiger partial charge in [-0.15, -0.1) is 0 Å². The minimum atomic E-state index is -0.789. The van der Waals surface area contributed by atoms with Crippen LogP contribution >= 0.6 is 0 Å². The Hall–Kier alpha value is -0.870.